The van der Waals surface area contributed by atoms with Gasteiger partial charge in [-0.3, -0.25) is 24.1 Å². The van der Waals surface area contributed by atoms with E-state index in [4.69, 9.17) is 9.47 Å². The predicted octanol–water partition coefficient (Wildman–Crippen LogP) is 0.440. The number of carbonyl (C=O) groups is 4. The maximum Gasteiger partial charge on any atom is 0.243 e. The van der Waals surface area contributed by atoms with Crippen LogP contribution in [0.3, 0.4) is 0 Å². The number of hydrogen-bond donors (Lipinski definition) is 3. The second-order valence-corrected chi connectivity index (χ2v) is 10.5. The normalized spacial score (nSPS) is 22.0. The number of ether oxygens (including phenoxy) is 2. The summed E-state index contributed by atoms with van der Waals surface area (Å²) >= 11 is 0. The van der Waals surface area contributed by atoms with Crippen molar-refractivity contribution in [1.29, 1.82) is 0 Å². The van der Waals surface area contributed by atoms with Gasteiger partial charge in [0, 0.05) is 13.1 Å². The monoisotopic (exact) mass is 516 g/mol. The van der Waals surface area contributed by atoms with E-state index in [1.165, 1.54) is 0 Å². The molecule has 2 aliphatic heterocycles. The Labute approximate surface area is 218 Å². The first kappa shape index (κ1) is 28.7. The van der Waals surface area contributed by atoms with Crippen molar-refractivity contribution in [3.8, 4) is 0 Å². The number of epoxide rings is 1. The van der Waals surface area contributed by atoms with Crippen LogP contribution in [0.2, 0.25) is 0 Å². The lowest BCUT2D eigenvalue weighted by Gasteiger charge is -2.27. The summed E-state index contributed by atoms with van der Waals surface area (Å²) in [6, 6.07) is 6.98. The highest BCUT2D eigenvalue weighted by atomic mass is 16.6. The lowest BCUT2D eigenvalue weighted by atomic mass is 9.94. The van der Waals surface area contributed by atoms with Gasteiger partial charge in [-0.05, 0) is 38.2 Å². The van der Waals surface area contributed by atoms with E-state index in [1.54, 1.807) is 13.8 Å². The summed E-state index contributed by atoms with van der Waals surface area (Å²) in [5.41, 5.74) is 0.00874. The van der Waals surface area contributed by atoms with Crippen molar-refractivity contribution in [1.82, 2.24) is 20.9 Å². The predicted molar refractivity (Wildman–Crippen MR) is 138 cm³/mol. The second kappa shape index (κ2) is 13.1. The van der Waals surface area contributed by atoms with Crippen molar-refractivity contribution >= 4 is 23.5 Å². The van der Waals surface area contributed by atoms with Gasteiger partial charge in [0.15, 0.2) is 5.78 Å². The molecule has 204 valence electrons. The summed E-state index contributed by atoms with van der Waals surface area (Å²) in [5, 5.41) is 8.35. The summed E-state index contributed by atoms with van der Waals surface area (Å²) in [5.74, 6) is -1.24. The average molecular weight is 517 g/mol. The highest BCUT2D eigenvalue weighted by Crippen LogP contribution is 2.29. The fourth-order valence-electron chi connectivity index (χ4n) is 4.27. The number of benzene rings is 1. The Morgan fingerprint density at radius 3 is 2.16 bits per heavy atom. The molecular weight excluding hydrogens is 476 g/mol. The maximum atomic E-state index is 13.3. The molecule has 0 radical (unpaired) electrons. The smallest absolute Gasteiger partial charge is 0.243 e. The van der Waals surface area contributed by atoms with Gasteiger partial charge in [0.2, 0.25) is 17.7 Å². The molecule has 0 spiro atoms. The van der Waals surface area contributed by atoms with Crippen molar-refractivity contribution in [2.45, 2.75) is 64.3 Å². The number of morpholine rings is 1. The maximum absolute atomic E-state index is 13.3. The van der Waals surface area contributed by atoms with Crippen LogP contribution in [0, 0.1) is 5.92 Å². The third-order valence-corrected chi connectivity index (χ3v) is 6.60. The molecule has 0 saturated carbocycles. The highest BCUT2D eigenvalue weighted by Gasteiger charge is 2.50. The number of carbonyl (C=O) groups excluding carboxylic acids is 4. The number of ketones is 1. The van der Waals surface area contributed by atoms with Gasteiger partial charge in [0.1, 0.15) is 17.7 Å². The first-order valence-electron chi connectivity index (χ1n) is 13.0. The van der Waals surface area contributed by atoms with E-state index in [0.29, 0.717) is 45.8 Å². The molecule has 4 unspecified atom stereocenters. The van der Waals surface area contributed by atoms with Gasteiger partial charge in [-0.1, -0.05) is 44.2 Å². The van der Waals surface area contributed by atoms with Crippen LogP contribution in [0.1, 0.15) is 39.7 Å². The summed E-state index contributed by atoms with van der Waals surface area (Å²) in [4.78, 5) is 53.8. The molecule has 37 heavy (non-hydrogen) atoms. The fourth-order valence-corrected chi connectivity index (χ4v) is 4.27. The first-order chi connectivity index (χ1) is 17.6. The van der Waals surface area contributed by atoms with Crippen LogP contribution in [0.25, 0.3) is 0 Å². The van der Waals surface area contributed by atoms with Crippen LogP contribution in [-0.4, -0.2) is 91.6 Å². The van der Waals surface area contributed by atoms with E-state index in [2.05, 4.69) is 16.0 Å². The molecule has 3 N–H and O–H groups in total. The molecule has 0 aliphatic carbocycles. The third kappa shape index (κ3) is 8.91. The molecule has 4 atom stereocenters. The minimum Gasteiger partial charge on any atom is -0.379 e. The van der Waals surface area contributed by atoms with E-state index >= 15 is 0 Å². The number of nitrogens with zero attached hydrogens (tertiary/aromatic N) is 1. The Balaban J connectivity index is 1.62. The Morgan fingerprint density at radius 1 is 0.946 bits per heavy atom. The van der Waals surface area contributed by atoms with E-state index in [9.17, 15) is 19.2 Å². The van der Waals surface area contributed by atoms with Gasteiger partial charge >= 0.3 is 0 Å². The molecule has 3 rings (SSSR count). The van der Waals surface area contributed by atoms with E-state index in [1.807, 2.05) is 49.1 Å². The minimum atomic E-state index is -0.900. The zero-order valence-corrected chi connectivity index (χ0v) is 22.2. The molecule has 3 amide bonds. The fraction of sp³-hybridized carbons (Fsp3) is 0.630. The molecule has 1 aromatic carbocycles. The molecule has 2 fully saturated rings. The Kier molecular flexibility index (Phi) is 10.2. The molecule has 0 bridgehead atoms. The molecule has 10 heteroatoms. The van der Waals surface area contributed by atoms with E-state index in [-0.39, 0.29) is 24.2 Å². The zero-order chi connectivity index (χ0) is 27.0. The van der Waals surface area contributed by atoms with Gasteiger partial charge in [-0.25, -0.2) is 0 Å². The van der Waals surface area contributed by atoms with Crippen molar-refractivity contribution in [2.75, 3.05) is 39.5 Å². The van der Waals surface area contributed by atoms with Gasteiger partial charge in [-0.2, -0.15) is 0 Å². The zero-order valence-electron chi connectivity index (χ0n) is 22.2. The van der Waals surface area contributed by atoms with Gasteiger partial charge in [0.05, 0.1) is 32.4 Å². The Bertz CT molecular complexity index is 943. The standard InChI is InChI=1S/C27H40N4O6/c1-18(2)14-22(30-25(34)19(3)28-23(32)16-31-10-12-36-13-11-31)26(35)29-21(24(33)27(4)17-37-27)15-20-8-6-5-7-9-20/h5-9,18-19,21-22H,10-17H2,1-4H3,(H,28,32)(H,29,35)(H,30,34). The number of nitrogens with one attached hydrogen (secondary N) is 3. The van der Waals surface area contributed by atoms with Crippen molar-refractivity contribution in [2.24, 2.45) is 5.92 Å². The third-order valence-electron chi connectivity index (χ3n) is 6.60. The molecule has 1 aromatic rings. The number of hydrogen-bond acceptors (Lipinski definition) is 7. The minimum absolute atomic E-state index is 0.106. The summed E-state index contributed by atoms with van der Waals surface area (Å²) in [7, 11) is 0. The molecule has 2 aliphatic rings. The SMILES string of the molecule is CC(C)CC(NC(=O)C(C)NC(=O)CN1CCOCC1)C(=O)NC(Cc1ccccc1)C(=O)C1(C)CO1. The second-order valence-electron chi connectivity index (χ2n) is 10.5. The summed E-state index contributed by atoms with van der Waals surface area (Å²) in [6.45, 7) is 10.2. The Morgan fingerprint density at radius 2 is 1.57 bits per heavy atom. The van der Waals surface area contributed by atoms with Gasteiger partial charge in [-0.15, -0.1) is 0 Å². The molecule has 10 nitrogen and oxygen atoms in total. The van der Waals surface area contributed by atoms with Crippen molar-refractivity contribution in [3.05, 3.63) is 35.9 Å². The Hall–Kier alpha value is -2.82. The number of Topliss-reactive ketones (excluding diaryl/α,β-unsaturated/α-hetero) is 1. The van der Waals surface area contributed by atoms with Crippen LogP contribution in [0.15, 0.2) is 30.3 Å². The van der Waals surface area contributed by atoms with Crippen LogP contribution < -0.4 is 16.0 Å². The quantitative estimate of drug-likeness (QED) is 0.325. The lowest BCUT2D eigenvalue weighted by Crippen LogP contribution is -2.57. The van der Waals surface area contributed by atoms with Crippen LogP contribution in [-0.2, 0) is 35.1 Å². The van der Waals surface area contributed by atoms with Crippen LogP contribution in [0.5, 0.6) is 0 Å². The van der Waals surface area contributed by atoms with Crippen molar-refractivity contribution < 1.29 is 28.7 Å². The van der Waals surface area contributed by atoms with E-state index in [0.717, 1.165) is 5.56 Å². The molecule has 2 saturated heterocycles. The van der Waals surface area contributed by atoms with Crippen LogP contribution >= 0.6 is 0 Å². The average Bonchev–Trinajstić information content (AvgIpc) is 3.61. The van der Waals surface area contributed by atoms with Crippen molar-refractivity contribution in [3.63, 3.8) is 0 Å². The van der Waals surface area contributed by atoms with E-state index < -0.39 is 35.5 Å². The summed E-state index contributed by atoms with van der Waals surface area (Å²) in [6.07, 6.45) is 0.701. The van der Waals surface area contributed by atoms with Gasteiger partial charge in [0.25, 0.3) is 0 Å². The van der Waals surface area contributed by atoms with Gasteiger partial charge < -0.3 is 25.4 Å². The first-order valence-corrected chi connectivity index (χ1v) is 13.0. The largest absolute Gasteiger partial charge is 0.379 e. The van der Waals surface area contributed by atoms with Crippen LogP contribution in [0.4, 0.5) is 0 Å². The molecular formula is C27H40N4O6. The number of rotatable bonds is 13. The lowest BCUT2D eigenvalue weighted by molar-refractivity contribution is -0.134. The topological polar surface area (TPSA) is 129 Å². The highest BCUT2D eigenvalue weighted by molar-refractivity contribution is 5.98. The summed E-state index contributed by atoms with van der Waals surface area (Å²) < 4.78 is 10.6. The molecule has 0 aromatic heterocycles. The molecule has 2 heterocycles. The number of amides is 3.